The van der Waals surface area contributed by atoms with Crippen molar-refractivity contribution in [2.75, 3.05) is 17.3 Å². The summed E-state index contributed by atoms with van der Waals surface area (Å²) in [5.41, 5.74) is 2.27. The highest BCUT2D eigenvalue weighted by molar-refractivity contribution is 7.99. The molecule has 1 aliphatic rings. The zero-order valence-electron chi connectivity index (χ0n) is 15.0. The Hall–Kier alpha value is -3.12. The fourth-order valence-corrected chi connectivity index (χ4v) is 4.35. The zero-order chi connectivity index (χ0) is 19.3. The van der Waals surface area contributed by atoms with Gasteiger partial charge in [-0.25, -0.2) is 4.79 Å². The van der Waals surface area contributed by atoms with Crippen LogP contribution in [0.2, 0.25) is 0 Å². The Kier molecular flexibility index (Phi) is 5.39. The lowest BCUT2D eigenvalue weighted by atomic mass is 10.1. The predicted octanol–water partition coefficient (Wildman–Crippen LogP) is 4.12. The standard InChI is InChI=1S/C22H18N2O3S/c25-21(14-27-22(26)17-10-12-23-13-11-17)24-18-8-4-5-9-20(18)28-15-19(24)16-6-2-1-3-7-16/h1-13,19H,14-15H2/t19-/m1/s1. The molecule has 5 nitrogen and oxygen atoms in total. The second-order valence-electron chi connectivity index (χ2n) is 6.28. The Labute approximate surface area is 167 Å². The van der Waals surface area contributed by atoms with Gasteiger partial charge in [0.1, 0.15) is 0 Å². The number of esters is 1. The summed E-state index contributed by atoms with van der Waals surface area (Å²) in [6.07, 6.45) is 3.03. The van der Waals surface area contributed by atoms with Crippen LogP contribution in [0.15, 0.2) is 84.0 Å². The summed E-state index contributed by atoms with van der Waals surface area (Å²) in [4.78, 5) is 32.0. The van der Waals surface area contributed by atoms with Gasteiger partial charge in [-0.15, -0.1) is 11.8 Å². The molecule has 1 aromatic heterocycles. The van der Waals surface area contributed by atoms with E-state index in [1.165, 1.54) is 12.4 Å². The number of pyridine rings is 1. The normalized spacial score (nSPS) is 15.6. The number of carbonyl (C=O) groups excluding carboxylic acids is 2. The van der Waals surface area contributed by atoms with Crippen molar-refractivity contribution in [1.29, 1.82) is 0 Å². The van der Waals surface area contributed by atoms with E-state index in [1.807, 2.05) is 54.6 Å². The Morgan fingerprint density at radius 1 is 1.00 bits per heavy atom. The number of ether oxygens (including phenoxy) is 1. The Morgan fingerprint density at radius 2 is 1.71 bits per heavy atom. The summed E-state index contributed by atoms with van der Waals surface area (Å²) in [6.45, 7) is -0.316. The molecule has 0 unspecified atom stereocenters. The van der Waals surface area contributed by atoms with E-state index in [9.17, 15) is 9.59 Å². The third-order valence-corrected chi connectivity index (χ3v) is 5.67. The van der Waals surface area contributed by atoms with Crippen molar-refractivity contribution in [2.45, 2.75) is 10.9 Å². The van der Waals surface area contributed by atoms with E-state index in [0.717, 1.165) is 21.9 Å². The van der Waals surface area contributed by atoms with Crippen LogP contribution >= 0.6 is 11.8 Å². The fourth-order valence-electron chi connectivity index (χ4n) is 3.19. The number of carbonyl (C=O) groups is 2. The van der Waals surface area contributed by atoms with Gasteiger partial charge in [-0.1, -0.05) is 42.5 Å². The smallest absolute Gasteiger partial charge is 0.338 e. The van der Waals surface area contributed by atoms with Crippen LogP contribution in [0.3, 0.4) is 0 Å². The minimum atomic E-state index is -0.535. The maximum atomic E-state index is 13.1. The highest BCUT2D eigenvalue weighted by Gasteiger charge is 2.32. The highest BCUT2D eigenvalue weighted by Crippen LogP contribution is 2.43. The number of fused-ring (bicyclic) bond motifs is 1. The summed E-state index contributed by atoms with van der Waals surface area (Å²) in [7, 11) is 0. The Bertz CT molecular complexity index is 979. The minimum Gasteiger partial charge on any atom is -0.452 e. The van der Waals surface area contributed by atoms with Crippen molar-refractivity contribution in [2.24, 2.45) is 0 Å². The average Bonchev–Trinajstić information content (AvgIpc) is 2.77. The van der Waals surface area contributed by atoms with Gasteiger partial charge in [0, 0.05) is 23.0 Å². The molecule has 0 saturated carbocycles. The number of benzene rings is 2. The van der Waals surface area contributed by atoms with Gasteiger partial charge in [-0.2, -0.15) is 0 Å². The molecular formula is C22H18N2O3S. The van der Waals surface area contributed by atoms with E-state index < -0.39 is 5.97 Å². The van der Waals surface area contributed by atoms with Gasteiger partial charge in [0.25, 0.3) is 5.91 Å². The first kappa shape index (κ1) is 18.3. The van der Waals surface area contributed by atoms with Gasteiger partial charge in [0.15, 0.2) is 6.61 Å². The zero-order valence-corrected chi connectivity index (χ0v) is 15.8. The van der Waals surface area contributed by atoms with Crippen LogP contribution in [0.4, 0.5) is 5.69 Å². The lowest BCUT2D eigenvalue weighted by Crippen LogP contribution is -2.41. The van der Waals surface area contributed by atoms with Crippen LogP contribution in [0, 0.1) is 0 Å². The molecule has 2 heterocycles. The molecule has 0 spiro atoms. The number of thioether (sulfide) groups is 1. The van der Waals surface area contributed by atoms with Crippen molar-refractivity contribution in [3.8, 4) is 0 Å². The van der Waals surface area contributed by atoms with Gasteiger partial charge in [-0.3, -0.25) is 14.7 Å². The van der Waals surface area contributed by atoms with Gasteiger partial charge in [-0.05, 0) is 29.8 Å². The van der Waals surface area contributed by atoms with Crippen molar-refractivity contribution in [3.05, 3.63) is 90.3 Å². The van der Waals surface area contributed by atoms with E-state index in [4.69, 9.17) is 4.74 Å². The average molecular weight is 390 g/mol. The molecular weight excluding hydrogens is 372 g/mol. The monoisotopic (exact) mass is 390 g/mol. The SMILES string of the molecule is O=C(OCC(=O)N1c2ccccc2SC[C@@H]1c1ccccc1)c1ccncc1. The maximum Gasteiger partial charge on any atom is 0.338 e. The maximum absolute atomic E-state index is 13.1. The van der Waals surface area contributed by atoms with E-state index in [0.29, 0.717) is 5.56 Å². The number of nitrogens with zero attached hydrogens (tertiary/aromatic N) is 2. The number of rotatable bonds is 4. The van der Waals surface area contributed by atoms with Crippen LogP contribution in [0.25, 0.3) is 0 Å². The quantitative estimate of drug-likeness (QED) is 0.627. The molecule has 0 aliphatic carbocycles. The largest absolute Gasteiger partial charge is 0.452 e. The Balaban J connectivity index is 1.58. The third-order valence-electron chi connectivity index (χ3n) is 4.53. The van der Waals surface area contributed by atoms with E-state index in [2.05, 4.69) is 4.98 Å². The lowest BCUT2D eigenvalue weighted by Gasteiger charge is -2.37. The molecule has 140 valence electrons. The Morgan fingerprint density at radius 3 is 2.50 bits per heavy atom. The fraction of sp³-hybridized carbons (Fsp3) is 0.136. The molecule has 2 aromatic carbocycles. The molecule has 28 heavy (non-hydrogen) atoms. The molecule has 1 amide bonds. The summed E-state index contributed by atoms with van der Waals surface area (Å²) >= 11 is 1.73. The molecule has 0 fully saturated rings. The van der Waals surface area contributed by atoms with Gasteiger partial charge in [0.2, 0.25) is 0 Å². The molecule has 6 heteroatoms. The molecule has 0 bridgehead atoms. The van der Waals surface area contributed by atoms with Crippen LogP contribution < -0.4 is 4.90 Å². The lowest BCUT2D eigenvalue weighted by molar-refractivity contribution is -0.122. The first-order valence-electron chi connectivity index (χ1n) is 8.90. The highest BCUT2D eigenvalue weighted by atomic mass is 32.2. The van der Waals surface area contributed by atoms with Gasteiger partial charge >= 0.3 is 5.97 Å². The van der Waals surface area contributed by atoms with Crippen molar-refractivity contribution in [1.82, 2.24) is 4.98 Å². The van der Waals surface area contributed by atoms with Crippen LogP contribution in [0.5, 0.6) is 0 Å². The number of anilines is 1. The van der Waals surface area contributed by atoms with Crippen molar-refractivity contribution in [3.63, 3.8) is 0 Å². The summed E-state index contributed by atoms with van der Waals surface area (Å²) < 4.78 is 5.28. The molecule has 0 N–H and O–H groups in total. The van der Waals surface area contributed by atoms with Crippen LogP contribution in [-0.2, 0) is 9.53 Å². The molecule has 3 aromatic rings. The number of para-hydroxylation sites is 1. The molecule has 1 atom stereocenters. The van der Waals surface area contributed by atoms with Gasteiger partial charge in [0.05, 0.1) is 17.3 Å². The third kappa shape index (κ3) is 3.77. The topological polar surface area (TPSA) is 59.5 Å². The van der Waals surface area contributed by atoms with Crippen LogP contribution in [-0.4, -0.2) is 29.2 Å². The predicted molar refractivity (Wildman–Crippen MR) is 108 cm³/mol. The first-order chi connectivity index (χ1) is 13.7. The summed E-state index contributed by atoms with van der Waals surface area (Å²) in [6, 6.07) is 20.7. The molecule has 4 rings (SSSR count). The number of hydrogen-bond acceptors (Lipinski definition) is 5. The van der Waals surface area contributed by atoms with E-state index in [1.54, 1.807) is 28.8 Å². The molecule has 0 radical (unpaired) electrons. The van der Waals surface area contributed by atoms with E-state index >= 15 is 0 Å². The molecule has 1 aliphatic heterocycles. The number of hydrogen-bond donors (Lipinski definition) is 0. The summed E-state index contributed by atoms with van der Waals surface area (Å²) in [5, 5.41) is 0. The minimum absolute atomic E-state index is 0.117. The second-order valence-corrected chi connectivity index (χ2v) is 7.34. The van der Waals surface area contributed by atoms with E-state index in [-0.39, 0.29) is 18.6 Å². The number of aromatic nitrogens is 1. The van der Waals surface area contributed by atoms with Crippen molar-refractivity contribution < 1.29 is 14.3 Å². The summed E-state index contributed by atoms with van der Waals surface area (Å²) in [5.74, 6) is -0.0406. The van der Waals surface area contributed by atoms with Gasteiger partial charge < -0.3 is 4.74 Å². The van der Waals surface area contributed by atoms with Crippen LogP contribution in [0.1, 0.15) is 22.0 Å². The second kappa shape index (κ2) is 8.27. The first-order valence-corrected chi connectivity index (χ1v) is 9.88. The number of amides is 1. The molecule has 0 saturated heterocycles. The van der Waals surface area contributed by atoms with Crippen molar-refractivity contribution >= 4 is 29.3 Å².